The van der Waals surface area contributed by atoms with Gasteiger partial charge < -0.3 is 39.4 Å². The van der Waals surface area contributed by atoms with Crippen LogP contribution in [0.4, 0.5) is 0 Å². The van der Waals surface area contributed by atoms with Crippen LogP contribution in [0.5, 0.6) is 5.75 Å². The van der Waals surface area contributed by atoms with Gasteiger partial charge in [0, 0.05) is 18.0 Å². The smallest absolute Gasteiger partial charge is 0.228 e. The van der Waals surface area contributed by atoms with Crippen molar-refractivity contribution in [3.8, 4) is 5.75 Å². The first-order chi connectivity index (χ1) is 16.8. The molecule has 8 nitrogen and oxygen atoms in total. The maximum atomic E-state index is 11.1. The fourth-order valence-electron chi connectivity index (χ4n) is 4.65. The Kier molecular flexibility index (Phi) is 8.50. The highest BCUT2D eigenvalue weighted by atomic mass is 79.9. The van der Waals surface area contributed by atoms with Crippen LogP contribution < -0.4 is 4.74 Å². The van der Waals surface area contributed by atoms with Gasteiger partial charge in [-0.15, -0.1) is 0 Å². The van der Waals surface area contributed by atoms with Crippen molar-refractivity contribution in [3.05, 3.63) is 63.1 Å². The van der Waals surface area contributed by atoms with Crippen LogP contribution in [-0.4, -0.2) is 77.9 Å². The molecule has 0 aliphatic carbocycles. The predicted octanol–water partition coefficient (Wildman–Crippen LogP) is 2.04. The Balaban J connectivity index is 1.79. The standard InChI is InChI=1S/C26H33BrO8/c1-3-15-4-6-16(7-5-15)10-17-11-19(21(12-20(17)27)34-18-8-9-33-14-18)26(32-2)25(31)24(30)23(29)22(13-28)35-26/h4-7,11-12,18,22-25,28-31H,3,8-10,13-14H2,1-2H3/t18-,22+,23+,24-,25+,26-/m0/s1. The minimum absolute atomic E-state index is 0.202. The predicted molar refractivity (Wildman–Crippen MR) is 131 cm³/mol. The fraction of sp³-hybridized carbons (Fsp3) is 0.538. The normalized spacial score (nSPS) is 31.0. The third-order valence-electron chi connectivity index (χ3n) is 6.78. The van der Waals surface area contributed by atoms with Gasteiger partial charge in [-0.1, -0.05) is 47.1 Å². The van der Waals surface area contributed by atoms with Gasteiger partial charge in [0.15, 0.2) is 0 Å². The number of hydrogen-bond acceptors (Lipinski definition) is 8. The summed E-state index contributed by atoms with van der Waals surface area (Å²) in [6.07, 6.45) is -3.89. The van der Waals surface area contributed by atoms with E-state index in [9.17, 15) is 20.4 Å². The van der Waals surface area contributed by atoms with Crippen LogP contribution in [0.15, 0.2) is 40.9 Å². The molecule has 0 amide bonds. The van der Waals surface area contributed by atoms with E-state index in [4.69, 9.17) is 18.9 Å². The third kappa shape index (κ3) is 5.28. The van der Waals surface area contributed by atoms with Crippen molar-refractivity contribution in [1.82, 2.24) is 0 Å². The van der Waals surface area contributed by atoms with Crippen molar-refractivity contribution in [1.29, 1.82) is 0 Å². The van der Waals surface area contributed by atoms with Gasteiger partial charge in [0.2, 0.25) is 5.79 Å². The molecule has 9 heteroatoms. The van der Waals surface area contributed by atoms with Crippen LogP contribution >= 0.6 is 15.9 Å². The van der Waals surface area contributed by atoms with Crippen molar-refractivity contribution in [2.75, 3.05) is 26.9 Å². The van der Waals surface area contributed by atoms with Crippen LogP contribution in [0.25, 0.3) is 0 Å². The van der Waals surface area contributed by atoms with Gasteiger partial charge in [0.25, 0.3) is 0 Å². The van der Waals surface area contributed by atoms with Gasteiger partial charge in [-0.2, -0.15) is 0 Å². The van der Waals surface area contributed by atoms with Crippen molar-refractivity contribution in [2.24, 2.45) is 0 Å². The molecule has 2 saturated heterocycles. The minimum atomic E-state index is -1.89. The molecule has 0 unspecified atom stereocenters. The van der Waals surface area contributed by atoms with Gasteiger partial charge in [0.05, 0.1) is 25.4 Å². The highest BCUT2D eigenvalue weighted by molar-refractivity contribution is 9.10. The highest BCUT2D eigenvalue weighted by Gasteiger charge is 2.56. The Labute approximate surface area is 213 Å². The maximum Gasteiger partial charge on any atom is 0.228 e. The van der Waals surface area contributed by atoms with Crippen molar-refractivity contribution in [2.45, 2.75) is 62.5 Å². The number of halogens is 1. The zero-order valence-electron chi connectivity index (χ0n) is 19.9. The lowest BCUT2D eigenvalue weighted by Gasteiger charge is -2.48. The van der Waals surface area contributed by atoms with E-state index in [2.05, 4.69) is 47.1 Å². The van der Waals surface area contributed by atoms with Gasteiger partial charge in [-0.25, -0.2) is 0 Å². The summed E-state index contributed by atoms with van der Waals surface area (Å²) in [5.41, 5.74) is 3.57. The van der Waals surface area contributed by atoms with Crippen LogP contribution in [0.2, 0.25) is 0 Å². The number of benzene rings is 2. The number of methoxy groups -OCH3 is 1. The molecule has 2 heterocycles. The lowest BCUT2D eigenvalue weighted by Crippen LogP contribution is -2.64. The summed E-state index contributed by atoms with van der Waals surface area (Å²) in [6, 6.07) is 11.9. The number of aryl methyl sites for hydroxylation is 1. The lowest BCUT2D eigenvalue weighted by atomic mass is 9.86. The molecule has 2 aliphatic heterocycles. The highest BCUT2D eigenvalue weighted by Crippen LogP contribution is 2.45. The summed E-state index contributed by atoms with van der Waals surface area (Å²) >= 11 is 3.66. The first kappa shape index (κ1) is 26.5. The van der Waals surface area contributed by atoms with E-state index in [1.807, 2.05) is 6.07 Å². The van der Waals surface area contributed by atoms with Crippen molar-refractivity contribution in [3.63, 3.8) is 0 Å². The molecule has 0 bridgehead atoms. The second kappa shape index (κ2) is 11.2. The third-order valence-corrected chi connectivity index (χ3v) is 7.52. The summed E-state index contributed by atoms with van der Waals surface area (Å²) in [5, 5.41) is 41.8. The zero-order chi connectivity index (χ0) is 25.2. The number of aliphatic hydroxyl groups excluding tert-OH is 4. The Hall–Kier alpha value is -1.56. The molecule has 0 radical (unpaired) electrons. The Morgan fingerprint density at radius 2 is 1.80 bits per heavy atom. The number of rotatable bonds is 8. The molecule has 2 aromatic rings. The summed E-state index contributed by atoms with van der Waals surface area (Å²) < 4.78 is 24.2. The summed E-state index contributed by atoms with van der Waals surface area (Å²) in [6.45, 7) is 2.54. The average molecular weight is 553 g/mol. The second-order valence-electron chi connectivity index (χ2n) is 9.03. The molecule has 0 aromatic heterocycles. The number of aliphatic hydroxyl groups is 4. The van der Waals surface area contributed by atoms with E-state index in [0.717, 1.165) is 22.0 Å². The van der Waals surface area contributed by atoms with E-state index in [1.54, 1.807) is 6.07 Å². The summed E-state index contributed by atoms with van der Waals surface area (Å²) in [4.78, 5) is 0. The van der Waals surface area contributed by atoms with Gasteiger partial charge >= 0.3 is 0 Å². The van der Waals surface area contributed by atoms with Crippen LogP contribution in [-0.2, 0) is 32.8 Å². The first-order valence-electron chi connectivity index (χ1n) is 11.9. The van der Waals surface area contributed by atoms with Crippen LogP contribution in [0.1, 0.15) is 35.6 Å². The number of hydrogen-bond donors (Lipinski definition) is 4. The topological polar surface area (TPSA) is 118 Å². The van der Waals surface area contributed by atoms with E-state index in [-0.39, 0.29) is 6.10 Å². The van der Waals surface area contributed by atoms with E-state index in [1.165, 1.54) is 12.7 Å². The van der Waals surface area contributed by atoms with Gasteiger partial charge in [-0.3, -0.25) is 0 Å². The molecule has 0 spiro atoms. The molecule has 192 valence electrons. The van der Waals surface area contributed by atoms with Crippen LogP contribution in [0.3, 0.4) is 0 Å². The molecule has 35 heavy (non-hydrogen) atoms. The van der Waals surface area contributed by atoms with Crippen molar-refractivity contribution < 1.29 is 39.4 Å². The average Bonchev–Trinajstić information content (AvgIpc) is 3.38. The molecular formula is C26H33BrO8. The molecule has 0 saturated carbocycles. The molecule has 2 aromatic carbocycles. The molecule has 4 N–H and O–H groups in total. The Morgan fingerprint density at radius 1 is 1.09 bits per heavy atom. The van der Waals surface area contributed by atoms with E-state index < -0.39 is 36.8 Å². The molecule has 6 atom stereocenters. The summed E-state index contributed by atoms with van der Waals surface area (Å²) in [5.74, 6) is -1.50. The number of ether oxygens (including phenoxy) is 4. The fourth-order valence-corrected chi connectivity index (χ4v) is 5.11. The molecule has 2 aliphatic rings. The van der Waals surface area contributed by atoms with Crippen LogP contribution in [0, 0.1) is 0 Å². The first-order valence-corrected chi connectivity index (χ1v) is 12.6. The SMILES string of the molecule is CCc1ccc(Cc2cc([C@]3(OC)O[C@H](CO)[C@@H](O)[C@H](O)[C@H]3O)c(O[C@H]3CCOC3)cc2Br)cc1. The molecule has 2 fully saturated rings. The second-order valence-corrected chi connectivity index (χ2v) is 9.88. The monoisotopic (exact) mass is 552 g/mol. The summed E-state index contributed by atoms with van der Waals surface area (Å²) in [7, 11) is 1.34. The molecule has 4 rings (SSSR count). The Bertz CT molecular complexity index is 992. The van der Waals surface area contributed by atoms with Gasteiger partial charge in [-0.05, 0) is 41.7 Å². The molecular weight excluding hydrogens is 520 g/mol. The van der Waals surface area contributed by atoms with E-state index >= 15 is 0 Å². The largest absolute Gasteiger partial charge is 0.487 e. The minimum Gasteiger partial charge on any atom is -0.487 e. The zero-order valence-corrected chi connectivity index (χ0v) is 21.5. The van der Waals surface area contributed by atoms with Crippen molar-refractivity contribution >= 4 is 15.9 Å². The Morgan fingerprint density at radius 3 is 2.40 bits per heavy atom. The van der Waals surface area contributed by atoms with E-state index in [0.29, 0.717) is 37.4 Å². The van der Waals surface area contributed by atoms with Gasteiger partial charge in [0.1, 0.15) is 36.3 Å². The maximum absolute atomic E-state index is 11.1. The lowest BCUT2D eigenvalue weighted by molar-refractivity contribution is -0.366. The quantitative estimate of drug-likeness (QED) is 0.393.